The topological polar surface area (TPSA) is 137 Å². The van der Waals surface area contributed by atoms with Gasteiger partial charge in [-0.2, -0.15) is 0 Å². The Labute approximate surface area is 434 Å². The summed E-state index contributed by atoms with van der Waals surface area (Å²) >= 11 is 4.87. The quantitative estimate of drug-likeness (QED) is 0.0706. The molecule has 8 nitrogen and oxygen atoms in total. The van der Waals surface area contributed by atoms with Gasteiger partial charge in [-0.05, 0) is 92.3 Å². The molecule has 0 amide bonds. The molecule has 0 aliphatic carbocycles. The van der Waals surface area contributed by atoms with E-state index in [2.05, 4.69) is 103 Å². The zero-order chi connectivity index (χ0) is 55.1. The van der Waals surface area contributed by atoms with Crippen LogP contribution in [0.3, 0.4) is 0 Å². The molecular formula is C62H91ClO8. The van der Waals surface area contributed by atoms with Gasteiger partial charge in [-0.25, -0.2) is 0 Å². The van der Waals surface area contributed by atoms with Crippen molar-refractivity contribution in [2.45, 2.75) is 201 Å². The fraction of sp³-hybridized carbons (Fsp3) is 0.532. The molecule has 0 spiro atoms. The third kappa shape index (κ3) is 22.7. The molecule has 5 rings (SSSR count). The SMILES string of the molecule is C=CCC(=O)Cl.C=CCC(=O)c1cc(C(C)(C)C)c(O)c(C(C)(C)C)c1.C=CCC1CO1.CC(C)(C)c1cc(C(=O)C/C=C/CC2CO2)cc(C(C)(C)C)c1O.CC(C)(C)c1cccc(C(C)(C)C)c1O. The molecule has 0 saturated carbocycles. The Kier molecular flexibility index (Phi) is 24.2. The maximum atomic E-state index is 12.6. The summed E-state index contributed by atoms with van der Waals surface area (Å²) in [6.07, 6.45) is 12.7. The Morgan fingerprint density at radius 3 is 1.03 bits per heavy atom. The number of hydrogen-bond donors (Lipinski definition) is 3. The first kappa shape index (κ1) is 64.3. The number of carbonyl (C=O) groups excluding carboxylic acids is 3. The van der Waals surface area contributed by atoms with Crippen LogP contribution in [0.4, 0.5) is 0 Å². The number of ketones is 2. The molecule has 0 radical (unpaired) electrons. The minimum atomic E-state index is -0.356. The zero-order valence-electron chi connectivity index (χ0n) is 46.9. The molecule has 3 N–H and O–H groups in total. The van der Waals surface area contributed by atoms with Crippen molar-refractivity contribution in [2.24, 2.45) is 0 Å². The molecule has 9 heteroatoms. The van der Waals surface area contributed by atoms with E-state index >= 15 is 0 Å². The lowest BCUT2D eigenvalue weighted by Gasteiger charge is -2.28. The fourth-order valence-corrected chi connectivity index (χ4v) is 7.25. The second kappa shape index (κ2) is 26.8. The summed E-state index contributed by atoms with van der Waals surface area (Å²) in [6, 6.07) is 13.4. The predicted octanol–water partition coefficient (Wildman–Crippen LogP) is 15.9. The van der Waals surface area contributed by atoms with Crippen LogP contribution in [0, 0.1) is 0 Å². The van der Waals surface area contributed by atoms with E-state index < -0.39 is 0 Å². The Bertz CT molecular complexity index is 2200. The van der Waals surface area contributed by atoms with Gasteiger partial charge in [0.05, 0.1) is 25.4 Å². The van der Waals surface area contributed by atoms with Crippen molar-refractivity contribution in [1.82, 2.24) is 0 Å². The van der Waals surface area contributed by atoms with Gasteiger partial charge in [0.15, 0.2) is 11.6 Å². The number of rotatable bonds is 12. The highest BCUT2D eigenvalue weighted by molar-refractivity contribution is 6.63. The second-order valence-corrected chi connectivity index (χ2v) is 25.0. The number of phenolic OH excluding ortho intramolecular Hbond substituents is 3. The van der Waals surface area contributed by atoms with Gasteiger partial charge in [-0.15, -0.1) is 19.7 Å². The van der Waals surface area contributed by atoms with Crippen molar-refractivity contribution >= 4 is 28.4 Å². The van der Waals surface area contributed by atoms with E-state index in [1.807, 2.05) is 102 Å². The highest BCUT2D eigenvalue weighted by atomic mass is 35.5. The van der Waals surface area contributed by atoms with E-state index in [-0.39, 0.29) is 55.7 Å². The Morgan fingerprint density at radius 1 is 0.493 bits per heavy atom. The van der Waals surface area contributed by atoms with Gasteiger partial charge in [0.1, 0.15) is 17.2 Å². The number of aromatic hydroxyl groups is 3. The highest BCUT2D eigenvalue weighted by Gasteiger charge is 2.30. The molecule has 2 heterocycles. The third-order valence-corrected chi connectivity index (χ3v) is 11.6. The minimum absolute atomic E-state index is 0.00859. The van der Waals surface area contributed by atoms with Crippen LogP contribution >= 0.6 is 11.6 Å². The number of benzene rings is 3. The maximum absolute atomic E-state index is 12.6. The molecule has 2 saturated heterocycles. The van der Waals surface area contributed by atoms with Crippen molar-refractivity contribution in [3.8, 4) is 17.2 Å². The van der Waals surface area contributed by atoms with Crippen molar-refractivity contribution in [3.05, 3.63) is 137 Å². The molecule has 3 aromatic carbocycles. The van der Waals surface area contributed by atoms with Crippen molar-refractivity contribution in [2.75, 3.05) is 13.2 Å². The monoisotopic (exact) mass is 999 g/mol. The van der Waals surface area contributed by atoms with Gasteiger partial charge >= 0.3 is 0 Å². The smallest absolute Gasteiger partial charge is 0.225 e. The van der Waals surface area contributed by atoms with Crippen LogP contribution in [0.1, 0.15) is 211 Å². The molecular weight excluding hydrogens is 908 g/mol. The van der Waals surface area contributed by atoms with Crippen LogP contribution in [0.25, 0.3) is 0 Å². The molecule has 2 aliphatic rings. The van der Waals surface area contributed by atoms with Crippen LogP contribution in [-0.2, 0) is 46.8 Å². The van der Waals surface area contributed by atoms with Crippen molar-refractivity contribution < 1.29 is 39.2 Å². The number of hydrogen-bond acceptors (Lipinski definition) is 8. The van der Waals surface area contributed by atoms with Crippen LogP contribution in [0.2, 0.25) is 0 Å². The molecule has 3 aromatic rings. The molecule has 0 aromatic heterocycles. The molecule has 2 unspecified atom stereocenters. The molecule has 2 aliphatic heterocycles. The number of halogens is 1. The Balaban J connectivity index is 0.000000483. The van der Waals surface area contributed by atoms with Crippen LogP contribution in [0.5, 0.6) is 17.2 Å². The minimum Gasteiger partial charge on any atom is -0.507 e. The number of ether oxygens (including phenoxy) is 2. The molecule has 394 valence electrons. The lowest BCUT2D eigenvalue weighted by Crippen LogP contribution is -2.18. The number of para-hydroxylation sites is 1. The third-order valence-electron chi connectivity index (χ3n) is 11.5. The van der Waals surface area contributed by atoms with Crippen LogP contribution in [-0.4, -0.2) is 57.6 Å². The van der Waals surface area contributed by atoms with E-state index in [0.29, 0.717) is 53.4 Å². The number of epoxide rings is 2. The second-order valence-electron chi connectivity index (χ2n) is 24.6. The highest BCUT2D eigenvalue weighted by Crippen LogP contribution is 2.42. The molecule has 71 heavy (non-hydrogen) atoms. The lowest BCUT2D eigenvalue weighted by atomic mass is 9.78. The van der Waals surface area contributed by atoms with Gasteiger partial charge in [-0.3, -0.25) is 14.4 Å². The van der Waals surface area contributed by atoms with E-state index in [1.54, 1.807) is 6.08 Å². The molecule has 2 atom stereocenters. The largest absolute Gasteiger partial charge is 0.507 e. The Hall–Kier alpha value is -4.76. The summed E-state index contributed by atoms with van der Waals surface area (Å²) < 4.78 is 10.0. The van der Waals surface area contributed by atoms with Crippen molar-refractivity contribution in [1.29, 1.82) is 0 Å². The first-order valence-corrected chi connectivity index (χ1v) is 25.2. The predicted molar refractivity (Wildman–Crippen MR) is 298 cm³/mol. The molecule has 0 bridgehead atoms. The summed E-state index contributed by atoms with van der Waals surface area (Å²) in [5.41, 5.74) is 5.77. The number of Topliss-reactive ketones (excluding diaryl/α,β-unsaturated/α-hetero) is 2. The van der Waals surface area contributed by atoms with E-state index in [4.69, 9.17) is 21.1 Å². The summed E-state index contributed by atoms with van der Waals surface area (Å²) in [5.74, 6) is 1.19. The number of phenols is 3. The van der Waals surface area contributed by atoms with Crippen LogP contribution in [0.15, 0.2) is 92.6 Å². The van der Waals surface area contributed by atoms with Gasteiger partial charge in [0, 0.05) is 52.6 Å². The fourth-order valence-electron chi connectivity index (χ4n) is 7.14. The van der Waals surface area contributed by atoms with Crippen LogP contribution < -0.4 is 0 Å². The first-order chi connectivity index (χ1) is 32.3. The van der Waals surface area contributed by atoms with Gasteiger partial charge in [-0.1, -0.05) is 173 Å². The molecule has 2 fully saturated rings. The maximum Gasteiger partial charge on any atom is 0.225 e. The summed E-state index contributed by atoms with van der Waals surface area (Å²) in [4.78, 5) is 34.5. The zero-order valence-corrected chi connectivity index (χ0v) is 47.7. The van der Waals surface area contributed by atoms with Gasteiger partial charge in [0.25, 0.3) is 0 Å². The normalized spacial score (nSPS) is 15.5. The van der Waals surface area contributed by atoms with Gasteiger partial charge < -0.3 is 24.8 Å². The summed E-state index contributed by atoms with van der Waals surface area (Å²) in [6.45, 7) is 49.5. The van der Waals surface area contributed by atoms with E-state index in [0.717, 1.165) is 59.4 Å². The number of allylic oxidation sites excluding steroid dienone is 3. The van der Waals surface area contributed by atoms with Crippen molar-refractivity contribution in [3.63, 3.8) is 0 Å². The van der Waals surface area contributed by atoms with Gasteiger partial charge in [0.2, 0.25) is 5.24 Å². The van der Waals surface area contributed by atoms with E-state index in [9.17, 15) is 29.7 Å². The summed E-state index contributed by atoms with van der Waals surface area (Å²) in [7, 11) is 0. The first-order valence-electron chi connectivity index (χ1n) is 24.9. The summed E-state index contributed by atoms with van der Waals surface area (Å²) in [5, 5.41) is 31.2. The lowest BCUT2D eigenvalue weighted by molar-refractivity contribution is -0.110. The standard InChI is InChI=1S/C21H30O3.C18H26O2.C14H22O.C5H8O.C4H5ClO/c1-20(2,3)16-11-14(12-17(19(16)23)21(4,5)6)18(22)10-8-7-9-15-13-24-15;1-8-9-15(19)12-10-13(17(2,3)4)16(20)14(11-12)18(5,6)7;1-13(2,3)10-8-7-9-11(12(10)15)14(4,5)6;1-2-3-5-4-6-5;1-2-3-4(5)6/h7-8,11-12,15,23H,9-10,13H2,1-6H3;8,10-11,20H,1,9H2,2-7H3;7-9,15H,1-6H3;2,5H,1,3-4H2;2H,1,3H2/b8-7+;;;;. The van der Waals surface area contributed by atoms with E-state index in [1.165, 1.54) is 6.08 Å². The number of carbonyl (C=O) groups is 3. The Morgan fingerprint density at radius 2 is 0.789 bits per heavy atom. The average Bonchev–Trinajstić information content (AvgIpc) is 4.16. The average molecular weight is 1000 g/mol.